The number of hydrogen-bond acceptors (Lipinski definition) is 6. The molecular formula is C25H34ClN3O6S. The number of anilines is 1. The van der Waals surface area contributed by atoms with E-state index in [-0.39, 0.29) is 28.9 Å². The largest absolute Gasteiger partial charge is 0.497 e. The normalized spacial score (nSPS) is 11.9. The molecule has 9 nitrogen and oxygen atoms in total. The second kappa shape index (κ2) is 13.4. The van der Waals surface area contributed by atoms with Crippen LogP contribution in [-0.2, 0) is 26.2 Å². The van der Waals surface area contributed by atoms with Crippen molar-refractivity contribution in [1.82, 2.24) is 10.2 Å². The van der Waals surface area contributed by atoms with Crippen LogP contribution in [0.1, 0.15) is 32.3 Å². The van der Waals surface area contributed by atoms with Crippen LogP contribution in [0, 0.1) is 0 Å². The van der Waals surface area contributed by atoms with Gasteiger partial charge in [0.15, 0.2) is 0 Å². The van der Waals surface area contributed by atoms with Crippen molar-refractivity contribution >= 4 is 39.1 Å². The highest BCUT2D eigenvalue weighted by molar-refractivity contribution is 7.92. The van der Waals surface area contributed by atoms with Crippen molar-refractivity contribution in [3.05, 3.63) is 53.1 Å². The number of halogens is 1. The van der Waals surface area contributed by atoms with Gasteiger partial charge in [-0.1, -0.05) is 37.1 Å². The van der Waals surface area contributed by atoms with E-state index in [1.54, 1.807) is 37.3 Å². The molecule has 1 atom stereocenters. The minimum Gasteiger partial charge on any atom is -0.497 e. The molecule has 0 bridgehead atoms. The van der Waals surface area contributed by atoms with Gasteiger partial charge in [-0.25, -0.2) is 8.42 Å². The Bertz CT molecular complexity index is 1160. The number of nitrogens with one attached hydrogen (secondary N) is 1. The molecule has 0 radical (unpaired) electrons. The monoisotopic (exact) mass is 539 g/mol. The van der Waals surface area contributed by atoms with Crippen LogP contribution in [0.4, 0.5) is 5.69 Å². The Hall–Kier alpha value is -2.98. The molecule has 36 heavy (non-hydrogen) atoms. The highest BCUT2D eigenvalue weighted by Crippen LogP contribution is 2.33. The summed E-state index contributed by atoms with van der Waals surface area (Å²) in [6.07, 6.45) is 2.71. The van der Waals surface area contributed by atoms with Gasteiger partial charge in [-0.15, -0.1) is 0 Å². The van der Waals surface area contributed by atoms with E-state index in [2.05, 4.69) is 5.32 Å². The molecule has 0 saturated carbocycles. The maximum absolute atomic E-state index is 13.6. The summed E-state index contributed by atoms with van der Waals surface area (Å²) in [4.78, 5) is 27.9. The third kappa shape index (κ3) is 8.03. The molecule has 2 rings (SSSR count). The van der Waals surface area contributed by atoms with Gasteiger partial charge in [0.05, 0.1) is 26.2 Å². The van der Waals surface area contributed by atoms with E-state index in [9.17, 15) is 18.0 Å². The lowest BCUT2D eigenvalue weighted by Crippen LogP contribution is -2.51. The number of carbonyl (C=O) groups is 2. The quantitative estimate of drug-likeness (QED) is 0.391. The number of ether oxygens (including phenoxy) is 2. The van der Waals surface area contributed by atoms with Gasteiger partial charge in [0.1, 0.15) is 24.1 Å². The van der Waals surface area contributed by atoms with E-state index >= 15 is 0 Å². The maximum Gasteiger partial charge on any atom is 0.244 e. The van der Waals surface area contributed by atoms with Crippen molar-refractivity contribution in [3.8, 4) is 11.5 Å². The van der Waals surface area contributed by atoms with Crippen LogP contribution in [-0.4, -0.2) is 64.7 Å². The first-order chi connectivity index (χ1) is 17.0. The highest BCUT2D eigenvalue weighted by Gasteiger charge is 2.31. The highest BCUT2D eigenvalue weighted by atomic mass is 35.5. The molecule has 1 unspecified atom stereocenters. The zero-order valence-corrected chi connectivity index (χ0v) is 22.9. The second-order valence-corrected chi connectivity index (χ2v) is 10.6. The summed E-state index contributed by atoms with van der Waals surface area (Å²) < 4.78 is 37.0. The van der Waals surface area contributed by atoms with Crippen molar-refractivity contribution in [2.45, 2.75) is 39.3 Å². The van der Waals surface area contributed by atoms with Crippen LogP contribution in [0.15, 0.2) is 42.5 Å². The standard InChI is InChI=1S/C25H34ClN3O6S/c1-6-7-13-27-25(31)18(2)28(16-19-9-8-10-21(14-19)34-3)24(30)17-29(36(5,32)33)22-15-20(26)11-12-23(22)35-4/h8-12,14-15,18H,6-7,13,16-17H2,1-5H3,(H,27,31). The summed E-state index contributed by atoms with van der Waals surface area (Å²) in [5.74, 6) is -0.0574. The topological polar surface area (TPSA) is 105 Å². The first-order valence-electron chi connectivity index (χ1n) is 11.5. The zero-order chi connectivity index (χ0) is 26.9. The van der Waals surface area contributed by atoms with Crippen molar-refractivity contribution < 1.29 is 27.5 Å². The third-order valence-electron chi connectivity index (χ3n) is 5.57. The predicted molar refractivity (Wildman–Crippen MR) is 141 cm³/mol. The minimum absolute atomic E-state index is 0.0721. The van der Waals surface area contributed by atoms with E-state index in [0.717, 1.165) is 29.0 Å². The van der Waals surface area contributed by atoms with Gasteiger partial charge in [0.2, 0.25) is 21.8 Å². The molecule has 2 aromatic rings. The molecule has 0 aliphatic heterocycles. The fraction of sp³-hybridized carbons (Fsp3) is 0.440. The Kier molecular flexibility index (Phi) is 10.9. The van der Waals surface area contributed by atoms with Crippen LogP contribution in [0.5, 0.6) is 11.5 Å². The summed E-state index contributed by atoms with van der Waals surface area (Å²) in [6, 6.07) is 10.8. The molecule has 11 heteroatoms. The van der Waals surface area contributed by atoms with Crippen LogP contribution in [0.3, 0.4) is 0 Å². The van der Waals surface area contributed by atoms with Crippen molar-refractivity contribution in [3.63, 3.8) is 0 Å². The molecule has 0 fully saturated rings. The van der Waals surface area contributed by atoms with Crippen LogP contribution in [0.25, 0.3) is 0 Å². The number of methoxy groups -OCH3 is 2. The SMILES string of the molecule is CCCCNC(=O)C(C)N(Cc1cccc(OC)c1)C(=O)CN(c1cc(Cl)ccc1OC)S(C)(=O)=O. The Labute approximate surface area is 218 Å². The van der Waals surface area contributed by atoms with Crippen LogP contribution >= 0.6 is 11.6 Å². The minimum atomic E-state index is -3.92. The predicted octanol–water partition coefficient (Wildman–Crippen LogP) is 3.46. The third-order valence-corrected chi connectivity index (χ3v) is 6.93. The molecule has 0 saturated heterocycles. The Morgan fingerprint density at radius 2 is 1.83 bits per heavy atom. The Morgan fingerprint density at radius 1 is 1.11 bits per heavy atom. The van der Waals surface area contributed by atoms with E-state index in [4.69, 9.17) is 21.1 Å². The first kappa shape index (κ1) is 29.3. The number of unbranched alkanes of at least 4 members (excludes halogenated alkanes) is 1. The summed E-state index contributed by atoms with van der Waals surface area (Å²) >= 11 is 6.12. The van der Waals surface area contributed by atoms with E-state index in [1.807, 2.05) is 6.92 Å². The Balaban J connectivity index is 2.44. The molecule has 0 heterocycles. The van der Waals surface area contributed by atoms with E-state index < -0.39 is 28.5 Å². The number of hydrogen-bond donors (Lipinski definition) is 1. The number of amides is 2. The lowest BCUT2D eigenvalue weighted by atomic mass is 10.1. The van der Waals surface area contributed by atoms with E-state index in [0.29, 0.717) is 12.3 Å². The number of carbonyl (C=O) groups excluding carboxylic acids is 2. The van der Waals surface area contributed by atoms with Gasteiger partial charge in [-0.2, -0.15) is 0 Å². The molecule has 0 aromatic heterocycles. The fourth-order valence-electron chi connectivity index (χ4n) is 3.54. The maximum atomic E-state index is 13.6. The number of sulfonamides is 1. The molecule has 0 aliphatic carbocycles. The van der Waals surface area contributed by atoms with Gasteiger partial charge in [0.25, 0.3) is 0 Å². The molecule has 0 aliphatic rings. The summed E-state index contributed by atoms with van der Waals surface area (Å²) in [5.41, 5.74) is 0.851. The van der Waals surface area contributed by atoms with Gasteiger partial charge in [-0.05, 0) is 49.2 Å². The lowest BCUT2D eigenvalue weighted by molar-refractivity contribution is -0.139. The molecule has 198 valence electrons. The first-order valence-corrected chi connectivity index (χ1v) is 13.8. The molecule has 2 aromatic carbocycles. The van der Waals surface area contributed by atoms with Crippen LogP contribution < -0.4 is 19.1 Å². The van der Waals surface area contributed by atoms with Crippen molar-refractivity contribution in [1.29, 1.82) is 0 Å². The smallest absolute Gasteiger partial charge is 0.244 e. The number of rotatable bonds is 13. The van der Waals surface area contributed by atoms with Crippen molar-refractivity contribution in [2.24, 2.45) is 0 Å². The van der Waals surface area contributed by atoms with Gasteiger partial charge >= 0.3 is 0 Å². The molecule has 1 N–H and O–H groups in total. The zero-order valence-electron chi connectivity index (χ0n) is 21.3. The average Bonchev–Trinajstić information content (AvgIpc) is 2.84. The molecular weight excluding hydrogens is 506 g/mol. The van der Waals surface area contributed by atoms with Crippen LogP contribution in [0.2, 0.25) is 5.02 Å². The second-order valence-electron chi connectivity index (χ2n) is 8.28. The Morgan fingerprint density at radius 3 is 2.44 bits per heavy atom. The number of nitrogens with zero attached hydrogens (tertiary/aromatic N) is 2. The molecule has 2 amide bonds. The van der Waals surface area contributed by atoms with Crippen molar-refractivity contribution in [2.75, 3.05) is 37.9 Å². The number of benzene rings is 2. The summed E-state index contributed by atoms with van der Waals surface area (Å²) in [6.45, 7) is 3.63. The summed E-state index contributed by atoms with van der Waals surface area (Å²) in [7, 11) is -0.985. The lowest BCUT2D eigenvalue weighted by Gasteiger charge is -2.32. The molecule has 0 spiro atoms. The average molecular weight is 540 g/mol. The fourth-order valence-corrected chi connectivity index (χ4v) is 4.55. The van der Waals surface area contributed by atoms with E-state index in [1.165, 1.54) is 31.3 Å². The van der Waals surface area contributed by atoms with Gasteiger partial charge in [-0.3, -0.25) is 13.9 Å². The van der Waals surface area contributed by atoms with Gasteiger partial charge in [0, 0.05) is 18.1 Å². The van der Waals surface area contributed by atoms with Gasteiger partial charge < -0.3 is 19.7 Å². The summed E-state index contributed by atoms with van der Waals surface area (Å²) in [5, 5.41) is 3.12.